The van der Waals surface area contributed by atoms with Crippen molar-refractivity contribution in [1.82, 2.24) is 29.7 Å². The molecule has 0 spiro atoms. The highest BCUT2D eigenvalue weighted by molar-refractivity contribution is 6.07. The molecule has 238 valence electrons. The number of nitrogens with one attached hydrogen (secondary N) is 3. The fourth-order valence-corrected chi connectivity index (χ4v) is 6.00. The number of carbonyl (C=O) groups excluding carboxylic acids is 3. The minimum atomic E-state index is -0.293. The molecule has 12 heteroatoms. The summed E-state index contributed by atoms with van der Waals surface area (Å²) in [6.07, 6.45) is 11.9. The molecule has 0 unspecified atom stereocenters. The van der Waals surface area contributed by atoms with Crippen molar-refractivity contribution in [2.24, 2.45) is 0 Å². The van der Waals surface area contributed by atoms with Gasteiger partial charge < -0.3 is 30.2 Å². The summed E-state index contributed by atoms with van der Waals surface area (Å²) in [5, 5.41) is 10.4. The van der Waals surface area contributed by atoms with E-state index in [1.54, 1.807) is 62.8 Å². The van der Waals surface area contributed by atoms with E-state index in [2.05, 4.69) is 30.5 Å². The number of nitrogens with zero attached hydrogens (tertiary/aromatic N) is 5. The van der Waals surface area contributed by atoms with E-state index in [1.807, 2.05) is 18.2 Å². The van der Waals surface area contributed by atoms with E-state index >= 15 is 0 Å². The summed E-state index contributed by atoms with van der Waals surface area (Å²) in [5.74, 6) is 1.10. The van der Waals surface area contributed by atoms with Gasteiger partial charge in [-0.2, -0.15) is 4.98 Å². The SMILES string of the molecule is COc1ccc(C(=O)/C=C/C(=O)N[C@H]2C[C@@H](Nc3ccc(Nc4ncc5cc(C(=O)N(C)C)n(C6CCCC6)c5n4)nc3)C2)cc1. The van der Waals surface area contributed by atoms with Crippen LogP contribution in [0, 0.1) is 0 Å². The average molecular weight is 623 g/mol. The zero-order chi connectivity index (χ0) is 32.2. The van der Waals surface area contributed by atoms with Gasteiger partial charge in [0.1, 0.15) is 22.9 Å². The molecule has 2 aliphatic rings. The molecule has 0 radical (unpaired) electrons. The summed E-state index contributed by atoms with van der Waals surface area (Å²) >= 11 is 0. The number of pyridine rings is 1. The first-order valence-corrected chi connectivity index (χ1v) is 15.5. The van der Waals surface area contributed by atoms with Crippen molar-refractivity contribution < 1.29 is 19.1 Å². The van der Waals surface area contributed by atoms with Crippen LogP contribution in [-0.4, -0.2) is 75.3 Å². The number of benzene rings is 1. The Morgan fingerprint density at radius 1 is 0.957 bits per heavy atom. The Morgan fingerprint density at radius 2 is 1.72 bits per heavy atom. The topological polar surface area (TPSA) is 143 Å². The Bertz CT molecular complexity index is 1750. The van der Waals surface area contributed by atoms with Crippen LogP contribution < -0.4 is 20.7 Å². The molecule has 2 saturated carbocycles. The molecule has 12 nitrogen and oxygen atoms in total. The van der Waals surface area contributed by atoms with E-state index in [1.165, 1.54) is 12.2 Å². The van der Waals surface area contributed by atoms with E-state index in [-0.39, 0.29) is 35.7 Å². The normalized spacial score (nSPS) is 17.9. The Kier molecular flexibility index (Phi) is 8.95. The Labute approximate surface area is 267 Å². The number of hydrogen-bond acceptors (Lipinski definition) is 9. The van der Waals surface area contributed by atoms with Crippen molar-refractivity contribution in [3.8, 4) is 5.75 Å². The first-order chi connectivity index (χ1) is 22.3. The van der Waals surface area contributed by atoms with Crippen molar-refractivity contribution >= 4 is 46.1 Å². The van der Waals surface area contributed by atoms with Gasteiger partial charge in [-0.1, -0.05) is 12.8 Å². The second-order valence-corrected chi connectivity index (χ2v) is 12.0. The maximum absolute atomic E-state index is 13.0. The largest absolute Gasteiger partial charge is 0.497 e. The van der Waals surface area contributed by atoms with Gasteiger partial charge in [0, 0.05) is 55.4 Å². The van der Waals surface area contributed by atoms with Crippen molar-refractivity contribution in [3.63, 3.8) is 0 Å². The first-order valence-electron chi connectivity index (χ1n) is 15.5. The highest BCUT2D eigenvalue weighted by atomic mass is 16.5. The quantitative estimate of drug-likeness (QED) is 0.157. The highest BCUT2D eigenvalue weighted by Gasteiger charge is 2.30. The first kappa shape index (κ1) is 30.8. The molecule has 3 N–H and O–H groups in total. The summed E-state index contributed by atoms with van der Waals surface area (Å²) in [6, 6.07) is 12.9. The molecular weight excluding hydrogens is 584 g/mol. The number of anilines is 3. The summed E-state index contributed by atoms with van der Waals surface area (Å²) < 4.78 is 7.19. The number of rotatable bonds is 11. The molecule has 0 aliphatic heterocycles. The number of methoxy groups -OCH3 is 1. The number of ketones is 1. The third-order valence-electron chi connectivity index (χ3n) is 8.51. The maximum atomic E-state index is 13.0. The number of carbonyl (C=O) groups is 3. The Hall–Kier alpha value is -5.26. The second-order valence-electron chi connectivity index (χ2n) is 12.0. The molecule has 1 aromatic carbocycles. The van der Waals surface area contributed by atoms with Gasteiger partial charge in [-0.25, -0.2) is 9.97 Å². The predicted molar refractivity (Wildman–Crippen MR) is 176 cm³/mol. The number of aromatic nitrogens is 4. The van der Waals surface area contributed by atoms with Crippen LogP contribution >= 0.6 is 0 Å². The van der Waals surface area contributed by atoms with Gasteiger partial charge in [0.25, 0.3) is 5.91 Å². The lowest BCUT2D eigenvalue weighted by Crippen LogP contribution is -2.49. The molecule has 4 aromatic rings. The number of amides is 2. The number of allylic oxidation sites excluding steroid dienone is 1. The van der Waals surface area contributed by atoms with E-state index in [9.17, 15) is 14.4 Å². The van der Waals surface area contributed by atoms with Crippen molar-refractivity contribution in [2.75, 3.05) is 31.8 Å². The van der Waals surface area contributed by atoms with Crippen molar-refractivity contribution in [2.45, 2.75) is 56.7 Å². The fourth-order valence-electron chi connectivity index (χ4n) is 6.00. The van der Waals surface area contributed by atoms with Crippen LogP contribution in [0.5, 0.6) is 5.75 Å². The summed E-state index contributed by atoms with van der Waals surface area (Å²) in [7, 11) is 5.09. The van der Waals surface area contributed by atoms with Crippen LogP contribution in [0.25, 0.3) is 11.0 Å². The van der Waals surface area contributed by atoms with Gasteiger partial charge in [0.2, 0.25) is 11.9 Å². The zero-order valence-electron chi connectivity index (χ0n) is 26.2. The lowest BCUT2D eigenvalue weighted by Gasteiger charge is -2.36. The van der Waals surface area contributed by atoms with Crippen molar-refractivity contribution in [3.05, 3.63) is 78.3 Å². The smallest absolute Gasteiger partial charge is 0.270 e. The molecule has 0 saturated heterocycles. The highest BCUT2D eigenvalue weighted by Crippen LogP contribution is 2.35. The zero-order valence-corrected chi connectivity index (χ0v) is 26.2. The molecule has 2 fully saturated rings. The molecule has 0 bridgehead atoms. The van der Waals surface area contributed by atoms with Crippen LogP contribution in [0.4, 0.5) is 17.5 Å². The van der Waals surface area contributed by atoms with Crippen LogP contribution in [0.15, 0.2) is 67.0 Å². The summed E-state index contributed by atoms with van der Waals surface area (Å²) in [6.45, 7) is 0. The van der Waals surface area contributed by atoms with Crippen LogP contribution in [0.2, 0.25) is 0 Å². The van der Waals surface area contributed by atoms with Gasteiger partial charge in [0.05, 0.1) is 19.0 Å². The van der Waals surface area contributed by atoms with E-state index in [4.69, 9.17) is 9.72 Å². The van der Waals surface area contributed by atoms with Gasteiger partial charge in [0.15, 0.2) is 5.78 Å². The molecule has 3 heterocycles. The van der Waals surface area contributed by atoms with Gasteiger partial charge in [-0.3, -0.25) is 14.4 Å². The monoisotopic (exact) mass is 622 g/mol. The summed E-state index contributed by atoms with van der Waals surface area (Å²) in [5.41, 5.74) is 2.74. The minimum Gasteiger partial charge on any atom is -0.497 e. The van der Waals surface area contributed by atoms with Crippen LogP contribution in [0.1, 0.15) is 65.4 Å². The molecule has 6 rings (SSSR count). The van der Waals surface area contributed by atoms with Crippen LogP contribution in [-0.2, 0) is 4.79 Å². The minimum absolute atomic E-state index is 0.0309. The average Bonchev–Trinajstić information content (AvgIpc) is 3.71. The molecular formula is C34H38N8O4. The maximum Gasteiger partial charge on any atom is 0.270 e. The van der Waals surface area contributed by atoms with Gasteiger partial charge >= 0.3 is 0 Å². The third kappa shape index (κ3) is 6.85. The van der Waals surface area contributed by atoms with E-state index in [0.717, 1.165) is 55.2 Å². The van der Waals surface area contributed by atoms with E-state index < -0.39 is 0 Å². The number of ether oxygens (including phenoxy) is 1. The molecule has 46 heavy (non-hydrogen) atoms. The van der Waals surface area contributed by atoms with Crippen molar-refractivity contribution in [1.29, 1.82) is 0 Å². The summed E-state index contributed by atoms with van der Waals surface area (Å²) in [4.78, 5) is 53.0. The molecule has 2 aliphatic carbocycles. The number of hydrogen-bond donors (Lipinski definition) is 3. The van der Waals surface area contributed by atoms with Crippen LogP contribution in [0.3, 0.4) is 0 Å². The third-order valence-corrected chi connectivity index (χ3v) is 8.51. The predicted octanol–water partition coefficient (Wildman–Crippen LogP) is 4.89. The molecule has 0 atom stereocenters. The van der Waals surface area contributed by atoms with E-state index in [0.29, 0.717) is 28.8 Å². The Morgan fingerprint density at radius 3 is 2.39 bits per heavy atom. The lowest BCUT2D eigenvalue weighted by atomic mass is 9.86. The lowest BCUT2D eigenvalue weighted by molar-refractivity contribution is -0.117. The molecule has 2 amide bonds. The Balaban J connectivity index is 1.01. The van der Waals surface area contributed by atoms with Gasteiger partial charge in [-0.05, 0) is 74.2 Å². The molecule has 3 aromatic heterocycles. The van der Waals surface area contributed by atoms with Gasteiger partial charge in [-0.15, -0.1) is 0 Å². The standard InChI is InChI=1S/C34H38N8O4/c1-41(2)33(45)28-16-22-19-36-34(40-32(22)42(28)26-6-4-5-7-26)39-30-14-10-23(20-35-30)37-24-17-25(18-24)38-31(44)15-13-29(43)21-8-11-27(46-3)12-9-21/h8-16,19-20,24-26,37H,4-7,17-18H2,1-3H3,(H,38,44)(H,35,36,39,40)/b15-13+/t24-,25+. The fraction of sp³-hybridized carbons (Fsp3) is 0.353. The number of fused-ring (bicyclic) bond motifs is 1. The second kappa shape index (κ2) is 13.4.